The predicted octanol–water partition coefficient (Wildman–Crippen LogP) is 4.38. The Bertz CT molecular complexity index is 1080. The zero-order valence-electron chi connectivity index (χ0n) is 15.8. The van der Waals surface area contributed by atoms with Crippen LogP contribution in [0.15, 0.2) is 60.8 Å². The molecule has 1 heterocycles. The maximum atomic E-state index is 13.6. The minimum absolute atomic E-state index is 0.141. The minimum atomic E-state index is -4.84. The zero-order chi connectivity index (χ0) is 21.7. The Labute approximate surface area is 170 Å². The number of hydrogen-bond acceptors (Lipinski definition) is 5. The first-order valence-electron chi connectivity index (χ1n) is 8.79. The van der Waals surface area contributed by atoms with Crippen LogP contribution in [0.25, 0.3) is 0 Å². The van der Waals surface area contributed by atoms with E-state index in [1.807, 2.05) is 6.07 Å². The monoisotopic (exact) mass is 411 g/mol. The number of halogens is 3. The number of amides is 1. The Balaban J connectivity index is 1.87. The Morgan fingerprint density at radius 2 is 1.80 bits per heavy atom. The molecule has 0 aliphatic heterocycles. The van der Waals surface area contributed by atoms with Gasteiger partial charge in [0.25, 0.3) is 5.91 Å². The molecule has 0 spiro atoms. The standard InChI is InChI=1S/C21H16F3N5O/c1-29(13-15-5-3-2-4-6-15)19(30)17-12-26-20(28-18(17)21(22,23)24)27-16-9-7-14(11-25)8-10-16/h2-10,12H,13H2,1H3,(H,26,27,28). The van der Waals surface area contributed by atoms with E-state index in [0.717, 1.165) is 11.8 Å². The van der Waals surface area contributed by atoms with Gasteiger partial charge in [0, 0.05) is 25.5 Å². The van der Waals surface area contributed by atoms with Gasteiger partial charge >= 0.3 is 6.18 Å². The summed E-state index contributed by atoms with van der Waals surface area (Å²) in [4.78, 5) is 21.2. The third kappa shape index (κ3) is 4.91. The minimum Gasteiger partial charge on any atom is -0.337 e. The van der Waals surface area contributed by atoms with Crippen LogP contribution in [0.1, 0.15) is 27.2 Å². The number of benzene rings is 2. The molecule has 0 atom stereocenters. The topological polar surface area (TPSA) is 81.9 Å². The third-order valence-corrected chi connectivity index (χ3v) is 4.17. The normalized spacial score (nSPS) is 10.9. The number of alkyl halides is 3. The molecule has 1 amide bonds. The first-order valence-corrected chi connectivity index (χ1v) is 8.79. The predicted molar refractivity (Wildman–Crippen MR) is 104 cm³/mol. The summed E-state index contributed by atoms with van der Waals surface area (Å²) in [7, 11) is 1.42. The van der Waals surface area contributed by atoms with E-state index in [9.17, 15) is 18.0 Å². The molecule has 6 nitrogen and oxygen atoms in total. The van der Waals surface area contributed by atoms with E-state index in [0.29, 0.717) is 11.3 Å². The van der Waals surface area contributed by atoms with Gasteiger partial charge in [-0.3, -0.25) is 4.79 Å². The number of carbonyl (C=O) groups is 1. The number of nitrogens with one attached hydrogen (secondary N) is 1. The van der Waals surface area contributed by atoms with E-state index in [2.05, 4.69) is 15.3 Å². The molecule has 0 unspecified atom stereocenters. The van der Waals surface area contributed by atoms with Crippen molar-refractivity contribution in [3.8, 4) is 6.07 Å². The van der Waals surface area contributed by atoms with Crippen LogP contribution in [0.5, 0.6) is 0 Å². The summed E-state index contributed by atoms with van der Waals surface area (Å²) >= 11 is 0. The number of rotatable bonds is 5. The molecule has 0 saturated carbocycles. The quantitative estimate of drug-likeness (QED) is 0.674. The molecule has 0 aliphatic carbocycles. The number of aromatic nitrogens is 2. The van der Waals surface area contributed by atoms with Gasteiger partial charge in [0.2, 0.25) is 5.95 Å². The third-order valence-electron chi connectivity index (χ3n) is 4.17. The second-order valence-corrected chi connectivity index (χ2v) is 6.41. The fraction of sp³-hybridized carbons (Fsp3) is 0.143. The first-order chi connectivity index (χ1) is 14.3. The average Bonchev–Trinajstić information content (AvgIpc) is 2.74. The first kappa shape index (κ1) is 20.8. The Kier molecular flexibility index (Phi) is 5.97. The highest BCUT2D eigenvalue weighted by Crippen LogP contribution is 2.32. The highest BCUT2D eigenvalue weighted by molar-refractivity contribution is 5.95. The molecule has 3 rings (SSSR count). The van der Waals surface area contributed by atoms with E-state index in [-0.39, 0.29) is 12.5 Å². The van der Waals surface area contributed by atoms with E-state index in [1.165, 1.54) is 36.2 Å². The SMILES string of the molecule is CN(Cc1ccccc1)C(=O)c1cnc(Nc2ccc(C#N)cc2)nc1C(F)(F)F. The van der Waals surface area contributed by atoms with Crippen LogP contribution in [0.2, 0.25) is 0 Å². The average molecular weight is 411 g/mol. The molecule has 0 saturated heterocycles. The maximum Gasteiger partial charge on any atom is 0.434 e. The maximum absolute atomic E-state index is 13.6. The van der Waals surface area contributed by atoms with Crippen molar-refractivity contribution in [1.29, 1.82) is 5.26 Å². The largest absolute Gasteiger partial charge is 0.434 e. The van der Waals surface area contributed by atoms with E-state index >= 15 is 0 Å². The molecule has 0 radical (unpaired) electrons. The summed E-state index contributed by atoms with van der Waals surface area (Å²) in [6.45, 7) is 0.141. The van der Waals surface area contributed by atoms with Crippen molar-refractivity contribution in [3.05, 3.63) is 83.2 Å². The molecule has 30 heavy (non-hydrogen) atoms. The van der Waals surface area contributed by atoms with Gasteiger partial charge in [0.15, 0.2) is 5.69 Å². The highest BCUT2D eigenvalue weighted by Gasteiger charge is 2.38. The number of carbonyl (C=O) groups excluding carboxylic acids is 1. The molecular weight excluding hydrogens is 395 g/mol. The molecule has 0 bridgehead atoms. The summed E-state index contributed by atoms with van der Waals surface area (Å²) in [5.74, 6) is -1.15. The van der Waals surface area contributed by atoms with Crippen molar-refractivity contribution in [2.45, 2.75) is 12.7 Å². The zero-order valence-corrected chi connectivity index (χ0v) is 15.8. The molecule has 3 aromatic rings. The van der Waals surface area contributed by atoms with Crippen molar-refractivity contribution in [1.82, 2.24) is 14.9 Å². The second kappa shape index (κ2) is 8.61. The molecule has 1 N–H and O–H groups in total. The number of nitrogens with zero attached hydrogens (tertiary/aromatic N) is 4. The van der Waals surface area contributed by atoms with Gasteiger partial charge in [-0.1, -0.05) is 30.3 Å². The molecular formula is C21H16F3N5O. The summed E-state index contributed by atoms with van der Waals surface area (Å²) < 4.78 is 40.8. The molecule has 0 fully saturated rings. The number of nitriles is 1. The summed E-state index contributed by atoms with van der Waals surface area (Å²) in [5, 5.41) is 11.5. The van der Waals surface area contributed by atoms with Crippen LogP contribution in [-0.2, 0) is 12.7 Å². The lowest BCUT2D eigenvalue weighted by atomic mass is 10.1. The van der Waals surface area contributed by atoms with Gasteiger partial charge in [-0.05, 0) is 29.8 Å². The summed E-state index contributed by atoms with van der Waals surface area (Å²) in [5.41, 5.74) is -0.367. The van der Waals surface area contributed by atoms with Crippen molar-refractivity contribution in [2.75, 3.05) is 12.4 Å². The summed E-state index contributed by atoms with van der Waals surface area (Å²) in [6.07, 6.45) is -3.98. The Morgan fingerprint density at radius 1 is 1.13 bits per heavy atom. The smallest absolute Gasteiger partial charge is 0.337 e. The molecule has 2 aromatic carbocycles. The molecule has 0 aliphatic rings. The van der Waals surface area contributed by atoms with Crippen LogP contribution in [0.4, 0.5) is 24.8 Å². The van der Waals surface area contributed by atoms with Crippen molar-refractivity contribution < 1.29 is 18.0 Å². The fourth-order valence-corrected chi connectivity index (χ4v) is 2.71. The van der Waals surface area contributed by atoms with Gasteiger partial charge in [-0.25, -0.2) is 9.97 Å². The molecule has 9 heteroatoms. The fourth-order valence-electron chi connectivity index (χ4n) is 2.71. The van der Waals surface area contributed by atoms with Gasteiger partial charge in [0.1, 0.15) is 0 Å². The van der Waals surface area contributed by atoms with Gasteiger partial charge in [-0.15, -0.1) is 0 Å². The van der Waals surface area contributed by atoms with E-state index < -0.39 is 23.3 Å². The number of anilines is 2. The lowest BCUT2D eigenvalue weighted by molar-refractivity contribution is -0.141. The van der Waals surface area contributed by atoms with Crippen LogP contribution >= 0.6 is 0 Å². The van der Waals surface area contributed by atoms with Crippen molar-refractivity contribution in [3.63, 3.8) is 0 Å². The Morgan fingerprint density at radius 3 is 2.40 bits per heavy atom. The van der Waals surface area contributed by atoms with Crippen LogP contribution in [0.3, 0.4) is 0 Å². The highest BCUT2D eigenvalue weighted by atomic mass is 19.4. The van der Waals surface area contributed by atoms with Crippen LogP contribution in [-0.4, -0.2) is 27.8 Å². The Hall–Kier alpha value is -3.93. The van der Waals surface area contributed by atoms with Gasteiger partial charge < -0.3 is 10.2 Å². The van der Waals surface area contributed by atoms with E-state index in [1.54, 1.807) is 30.3 Å². The summed E-state index contributed by atoms with van der Waals surface area (Å²) in [6, 6.07) is 16.9. The van der Waals surface area contributed by atoms with Crippen molar-refractivity contribution in [2.24, 2.45) is 0 Å². The number of hydrogen-bond donors (Lipinski definition) is 1. The van der Waals surface area contributed by atoms with Crippen LogP contribution < -0.4 is 5.32 Å². The van der Waals surface area contributed by atoms with Gasteiger partial charge in [-0.2, -0.15) is 18.4 Å². The lowest BCUT2D eigenvalue weighted by Crippen LogP contribution is -2.29. The van der Waals surface area contributed by atoms with Crippen LogP contribution in [0, 0.1) is 11.3 Å². The van der Waals surface area contributed by atoms with Crippen molar-refractivity contribution >= 4 is 17.5 Å². The lowest BCUT2D eigenvalue weighted by Gasteiger charge is -2.20. The molecule has 1 aromatic heterocycles. The van der Waals surface area contributed by atoms with Gasteiger partial charge in [0.05, 0.1) is 17.2 Å². The van der Waals surface area contributed by atoms with E-state index in [4.69, 9.17) is 5.26 Å². The second-order valence-electron chi connectivity index (χ2n) is 6.41. The molecule has 152 valence electrons.